The van der Waals surface area contributed by atoms with Gasteiger partial charge >= 0.3 is 0 Å². The number of halogens is 3. The predicted molar refractivity (Wildman–Crippen MR) is 48.4 cm³/mol. The Bertz CT molecular complexity index is 346. The molecular formula is C8H4BrClFN. The molecule has 1 nitrogen and oxygen atoms in total. The van der Waals surface area contributed by atoms with Gasteiger partial charge in [-0.2, -0.15) is 5.26 Å². The van der Waals surface area contributed by atoms with Gasteiger partial charge in [-0.1, -0.05) is 17.7 Å². The fourth-order valence-electron chi connectivity index (χ4n) is 0.788. The molecule has 0 aromatic heterocycles. The van der Waals surface area contributed by atoms with Gasteiger partial charge in [-0.15, -0.1) is 0 Å². The lowest BCUT2D eigenvalue weighted by Gasteiger charge is -2.01. The fourth-order valence-corrected chi connectivity index (χ4v) is 1.32. The molecule has 1 rings (SSSR count). The summed E-state index contributed by atoms with van der Waals surface area (Å²) in [6, 6.07) is 4.93. The molecule has 0 saturated carbocycles. The SMILES string of the molecule is N#CCc1ccc(Cl)c(Br)c1F. The molecule has 0 amide bonds. The molecule has 0 aliphatic heterocycles. The molecule has 62 valence electrons. The van der Waals surface area contributed by atoms with E-state index in [0.717, 1.165) is 0 Å². The van der Waals surface area contributed by atoms with Crippen LogP contribution in [0.3, 0.4) is 0 Å². The molecule has 0 atom stereocenters. The molecule has 0 saturated heterocycles. The lowest BCUT2D eigenvalue weighted by Crippen LogP contribution is -1.89. The predicted octanol–water partition coefficient (Wildman–Crippen LogP) is 3.31. The van der Waals surface area contributed by atoms with Crippen LogP contribution in [-0.2, 0) is 6.42 Å². The zero-order valence-corrected chi connectivity index (χ0v) is 8.28. The van der Waals surface area contributed by atoms with E-state index in [1.54, 1.807) is 6.07 Å². The molecule has 0 heterocycles. The highest BCUT2D eigenvalue weighted by Crippen LogP contribution is 2.27. The molecular weight excluding hydrogens is 244 g/mol. The largest absolute Gasteiger partial charge is 0.205 e. The standard InChI is InChI=1S/C8H4BrClFN/c9-7-6(10)2-1-5(3-4-12)8(7)11/h1-2H,3H2. The Hall–Kier alpha value is -0.590. The second kappa shape index (κ2) is 3.88. The summed E-state index contributed by atoms with van der Waals surface area (Å²) in [5.41, 5.74) is 0.355. The smallest absolute Gasteiger partial charge is 0.143 e. The van der Waals surface area contributed by atoms with E-state index < -0.39 is 5.82 Å². The van der Waals surface area contributed by atoms with E-state index in [1.165, 1.54) is 6.07 Å². The van der Waals surface area contributed by atoms with Gasteiger partial charge in [0.05, 0.1) is 22.0 Å². The van der Waals surface area contributed by atoms with Gasteiger partial charge in [0.2, 0.25) is 0 Å². The molecule has 0 unspecified atom stereocenters. The summed E-state index contributed by atoms with van der Waals surface area (Å²) in [7, 11) is 0. The molecule has 0 aliphatic rings. The summed E-state index contributed by atoms with van der Waals surface area (Å²) in [4.78, 5) is 0. The molecule has 0 fully saturated rings. The Morgan fingerprint density at radius 3 is 2.83 bits per heavy atom. The molecule has 0 N–H and O–H groups in total. The topological polar surface area (TPSA) is 23.8 Å². The molecule has 12 heavy (non-hydrogen) atoms. The lowest BCUT2D eigenvalue weighted by atomic mass is 10.1. The Kier molecular flexibility index (Phi) is 3.07. The van der Waals surface area contributed by atoms with Crippen LogP contribution in [0.15, 0.2) is 16.6 Å². The Morgan fingerprint density at radius 1 is 1.58 bits per heavy atom. The first-order valence-electron chi connectivity index (χ1n) is 3.16. The van der Waals surface area contributed by atoms with Crippen LogP contribution in [-0.4, -0.2) is 0 Å². The zero-order valence-electron chi connectivity index (χ0n) is 5.94. The van der Waals surface area contributed by atoms with Crippen molar-refractivity contribution < 1.29 is 4.39 Å². The molecule has 1 aromatic carbocycles. The second-order valence-corrected chi connectivity index (χ2v) is 3.37. The molecule has 0 bridgehead atoms. The monoisotopic (exact) mass is 247 g/mol. The van der Waals surface area contributed by atoms with E-state index in [0.29, 0.717) is 10.6 Å². The van der Waals surface area contributed by atoms with Crippen molar-refractivity contribution in [3.05, 3.63) is 33.0 Å². The van der Waals surface area contributed by atoms with Crippen molar-refractivity contribution >= 4 is 27.5 Å². The Labute approximate surface area is 82.9 Å². The van der Waals surface area contributed by atoms with Crippen molar-refractivity contribution in [3.8, 4) is 6.07 Å². The van der Waals surface area contributed by atoms with Crippen LogP contribution in [0.2, 0.25) is 5.02 Å². The average molecular weight is 248 g/mol. The van der Waals surface area contributed by atoms with Crippen molar-refractivity contribution in [3.63, 3.8) is 0 Å². The van der Waals surface area contributed by atoms with E-state index in [2.05, 4.69) is 15.9 Å². The lowest BCUT2D eigenvalue weighted by molar-refractivity contribution is 0.608. The molecule has 1 aromatic rings. The van der Waals surface area contributed by atoms with Gasteiger partial charge < -0.3 is 0 Å². The summed E-state index contributed by atoms with van der Waals surface area (Å²) in [5.74, 6) is -0.455. The number of hydrogen-bond donors (Lipinski definition) is 0. The minimum Gasteiger partial charge on any atom is -0.205 e. The summed E-state index contributed by atoms with van der Waals surface area (Å²) in [6.07, 6.45) is 0.0571. The number of nitrogens with zero attached hydrogens (tertiary/aromatic N) is 1. The highest BCUT2D eigenvalue weighted by atomic mass is 79.9. The third-order valence-electron chi connectivity index (χ3n) is 1.38. The summed E-state index contributed by atoms with van der Waals surface area (Å²) < 4.78 is 13.4. The van der Waals surface area contributed by atoms with E-state index in [1.807, 2.05) is 6.07 Å². The maximum Gasteiger partial charge on any atom is 0.143 e. The van der Waals surface area contributed by atoms with Crippen molar-refractivity contribution in [1.82, 2.24) is 0 Å². The number of hydrogen-bond acceptors (Lipinski definition) is 1. The van der Waals surface area contributed by atoms with Crippen LogP contribution in [0.25, 0.3) is 0 Å². The van der Waals surface area contributed by atoms with Gasteiger partial charge in [0.1, 0.15) is 5.82 Å². The van der Waals surface area contributed by atoms with Crippen LogP contribution in [0, 0.1) is 17.1 Å². The van der Waals surface area contributed by atoms with Crippen LogP contribution in [0.4, 0.5) is 4.39 Å². The van der Waals surface area contributed by atoms with Crippen LogP contribution >= 0.6 is 27.5 Å². The Balaban J connectivity index is 3.19. The second-order valence-electron chi connectivity index (χ2n) is 2.17. The molecule has 0 radical (unpaired) electrons. The van der Waals surface area contributed by atoms with Crippen molar-refractivity contribution in [2.75, 3.05) is 0 Å². The average Bonchev–Trinajstić information content (AvgIpc) is 2.07. The molecule has 0 spiro atoms. The minimum absolute atomic E-state index is 0.0571. The third-order valence-corrected chi connectivity index (χ3v) is 2.70. The highest BCUT2D eigenvalue weighted by Gasteiger charge is 2.08. The van der Waals surface area contributed by atoms with Gasteiger partial charge in [0.25, 0.3) is 0 Å². The van der Waals surface area contributed by atoms with Gasteiger partial charge in [-0.05, 0) is 22.0 Å². The first-order valence-corrected chi connectivity index (χ1v) is 4.33. The number of rotatable bonds is 1. The van der Waals surface area contributed by atoms with E-state index >= 15 is 0 Å². The Morgan fingerprint density at radius 2 is 2.25 bits per heavy atom. The minimum atomic E-state index is -0.455. The number of benzene rings is 1. The van der Waals surface area contributed by atoms with Crippen LogP contribution in [0.5, 0.6) is 0 Å². The maximum absolute atomic E-state index is 13.2. The summed E-state index contributed by atoms with van der Waals surface area (Å²) >= 11 is 8.60. The zero-order chi connectivity index (χ0) is 9.14. The van der Waals surface area contributed by atoms with Gasteiger partial charge in [-0.25, -0.2) is 4.39 Å². The van der Waals surface area contributed by atoms with E-state index in [-0.39, 0.29) is 10.9 Å². The van der Waals surface area contributed by atoms with Crippen molar-refractivity contribution in [2.45, 2.75) is 6.42 Å². The molecule has 0 aliphatic carbocycles. The third kappa shape index (κ3) is 1.77. The summed E-state index contributed by atoms with van der Waals surface area (Å²) in [5, 5.41) is 8.65. The van der Waals surface area contributed by atoms with E-state index in [4.69, 9.17) is 16.9 Å². The molecule has 4 heteroatoms. The summed E-state index contributed by atoms with van der Waals surface area (Å²) in [6.45, 7) is 0. The maximum atomic E-state index is 13.2. The normalized spacial score (nSPS) is 9.50. The van der Waals surface area contributed by atoms with E-state index in [9.17, 15) is 4.39 Å². The first-order chi connectivity index (χ1) is 5.66. The van der Waals surface area contributed by atoms with Gasteiger partial charge in [0, 0.05) is 5.56 Å². The van der Waals surface area contributed by atoms with Gasteiger partial charge in [-0.3, -0.25) is 0 Å². The van der Waals surface area contributed by atoms with Crippen LogP contribution < -0.4 is 0 Å². The quantitative estimate of drug-likeness (QED) is 0.700. The van der Waals surface area contributed by atoms with Crippen molar-refractivity contribution in [2.24, 2.45) is 0 Å². The number of nitriles is 1. The highest BCUT2D eigenvalue weighted by molar-refractivity contribution is 9.10. The van der Waals surface area contributed by atoms with Crippen LogP contribution in [0.1, 0.15) is 5.56 Å². The van der Waals surface area contributed by atoms with Gasteiger partial charge in [0.15, 0.2) is 0 Å². The first kappa shape index (κ1) is 9.50. The fraction of sp³-hybridized carbons (Fsp3) is 0.125. The van der Waals surface area contributed by atoms with Crippen molar-refractivity contribution in [1.29, 1.82) is 5.26 Å².